The second-order valence-electron chi connectivity index (χ2n) is 4.05. The standard InChI is InChI=1S/C13H20N2O2/c1-10(4-3-9-14)13(16)15-11-5-7-12(17-2)8-6-11/h5-8,10H,3-4,9,14H2,1-2H3,(H,15,16). The fourth-order valence-corrected chi connectivity index (χ4v) is 1.49. The zero-order chi connectivity index (χ0) is 12.7. The van der Waals surface area contributed by atoms with Gasteiger partial charge in [0.2, 0.25) is 5.91 Å². The molecular formula is C13H20N2O2. The molecule has 0 aliphatic rings. The first-order valence-corrected chi connectivity index (χ1v) is 5.82. The molecule has 1 aromatic carbocycles. The van der Waals surface area contributed by atoms with Crippen LogP contribution in [0.1, 0.15) is 19.8 Å². The Hall–Kier alpha value is -1.55. The van der Waals surface area contributed by atoms with E-state index in [4.69, 9.17) is 10.5 Å². The van der Waals surface area contributed by atoms with Crippen molar-refractivity contribution in [3.05, 3.63) is 24.3 Å². The van der Waals surface area contributed by atoms with E-state index in [1.165, 1.54) is 0 Å². The van der Waals surface area contributed by atoms with Crippen molar-refractivity contribution in [2.75, 3.05) is 19.0 Å². The number of benzene rings is 1. The van der Waals surface area contributed by atoms with E-state index in [0.29, 0.717) is 6.54 Å². The van der Waals surface area contributed by atoms with Crippen molar-refractivity contribution < 1.29 is 9.53 Å². The van der Waals surface area contributed by atoms with Crippen LogP contribution in [0, 0.1) is 5.92 Å². The summed E-state index contributed by atoms with van der Waals surface area (Å²) in [6.07, 6.45) is 1.69. The molecule has 0 fully saturated rings. The van der Waals surface area contributed by atoms with Crippen LogP contribution in [0.15, 0.2) is 24.3 Å². The third-order valence-corrected chi connectivity index (χ3v) is 2.65. The molecule has 17 heavy (non-hydrogen) atoms. The molecular weight excluding hydrogens is 216 g/mol. The van der Waals surface area contributed by atoms with E-state index in [2.05, 4.69) is 5.32 Å². The van der Waals surface area contributed by atoms with E-state index >= 15 is 0 Å². The fourth-order valence-electron chi connectivity index (χ4n) is 1.49. The summed E-state index contributed by atoms with van der Waals surface area (Å²) < 4.78 is 5.05. The van der Waals surface area contributed by atoms with Crippen molar-refractivity contribution in [3.63, 3.8) is 0 Å². The number of ether oxygens (including phenoxy) is 1. The third-order valence-electron chi connectivity index (χ3n) is 2.65. The van der Waals surface area contributed by atoms with Crippen LogP contribution in [0.2, 0.25) is 0 Å². The monoisotopic (exact) mass is 236 g/mol. The average molecular weight is 236 g/mol. The lowest BCUT2D eigenvalue weighted by Crippen LogP contribution is -2.21. The summed E-state index contributed by atoms with van der Waals surface area (Å²) in [7, 11) is 1.61. The van der Waals surface area contributed by atoms with Crippen LogP contribution in [0.5, 0.6) is 5.75 Å². The van der Waals surface area contributed by atoms with Crippen molar-refractivity contribution >= 4 is 11.6 Å². The summed E-state index contributed by atoms with van der Waals surface area (Å²) in [6, 6.07) is 7.29. The van der Waals surface area contributed by atoms with Gasteiger partial charge < -0.3 is 15.8 Å². The summed E-state index contributed by atoms with van der Waals surface area (Å²) in [6.45, 7) is 2.54. The number of hydrogen-bond donors (Lipinski definition) is 2. The SMILES string of the molecule is COc1ccc(NC(=O)C(C)CCCN)cc1. The van der Waals surface area contributed by atoms with Gasteiger partial charge in [-0.15, -0.1) is 0 Å². The van der Waals surface area contributed by atoms with Crippen LogP contribution in [-0.2, 0) is 4.79 Å². The molecule has 0 aliphatic carbocycles. The third kappa shape index (κ3) is 4.44. The van der Waals surface area contributed by atoms with Crippen LogP contribution < -0.4 is 15.8 Å². The van der Waals surface area contributed by atoms with E-state index in [9.17, 15) is 4.79 Å². The minimum atomic E-state index is -0.0133. The van der Waals surface area contributed by atoms with E-state index in [1.54, 1.807) is 7.11 Å². The van der Waals surface area contributed by atoms with E-state index in [0.717, 1.165) is 24.3 Å². The van der Waals surface area contributed by atoms with Gasteiger partial charge in [0.25, 0.3) is 0 Å². The van der Waals surface area contributed by atoms with E-state index < -0.39 is 0 Å². The summed E-state index contributed by atoms with van der Waals surface area (Å²) in [5, 5.41) is 2.87. The second kappa shape index (κ2) is 6.91. The van der Waals surface area contributed by atoms with Gasteiger partial charge in [-0.25, -0.2) is 0 Å². The van der Waals surface area contributed by atoms with Gasteiger partial charge in [-0.1, -0.05) is 6.92 Å². The molecule has 0 saturated carbocycles. The molecule has 94 valence electrons. The average Bonchev–Trinajstić information content (AvgIpc) is 2.36. The number of nitrogens with one attached hydrogen (secondary N) is 1. The topological polar surface area (TPSA) is 64.3 Å². The molecule has 0 heterocycles. The number of anilines is 1. The quantitative estimate of drug-likeness (QED) is 0.794. The summed E-state index contributed by atoms with van der Waals surface area (Å²) in [5.74, 6) is 0.795. The van der Waals surface area contributed by atoms with Crippen LogP contribution in [0.25, 0.3) is 0 Å². The van der Waals surface area contributed by atoms with Gasteiger partial charge >= 0.3 is 0 Å². The Morgan fingerprint density at radius 2 is 2.06 bits per heavy atom. The molecule has 0 bridgehead atoms. The molecule has 4 heteroatoms. The normalized spacial score (nSPS) is 11.9. The minimum absolute atomic E-state index is 0.0133. The lowest BCUT2D eigenvalue weighted by Gasteiger charge is -2.11. The highest BCUT2D eigenvalue weighted by Crippen LogP contribution is 2.16. The van der Waals surface area contributed by atoms with Gasteiger partial charge in [0, 0.05) is 11.6 Å². The molecule has 1 aromatic rings. The Morgan fingerprint density at radius 3 is 2.59 bits per heavy atom. The van der Waals surface area contributed by atoms with Crippen LogP contribution in [-0.4, -0.2) is 19.6 Å². The van der Waals surface area contributed by atoms with Gasteiger partial charge in [-0.3, -0.25) is 4.79 Å². The zero-order valence-electron chi connectivity index (χ0n) is 10.4. The number of rotatable bonds is 6. The summed E-state index contributed by atoms with van der Waals surface area (Å²) >= 11 is 0. The van der Waals surface area contributed by atoms with Crippen molar-refractivity contribution in [1.82, 2.24) is 0 Å². The van der Waals surface area contributed by atoms with E-state index in [-0.39, 0.29) is 11.8 Å². The Morgan fingerprint density at radius 1 is 1.41 bits per heavy atom. The van der Waals surface area contributed by atoms with Crippen molar-refractivity contribution in [1.29, 1.82) is 0 Å². The molecule has 1 unspecified atom stereocenters. The molecule has 0 saturated heterocycles. The van der Waals surface area contributed by atoms with Gasteiger partial charge in [-0.05, 0) is 43.7 Å². The molecule has 1 amide bonds. The van der Waals surface area contributed by atoms with Gasteiger partial charge in [0.15, 0.2) is 0 Å². The smallest absolute Gasteiger partial charge is 0.227 e. The number of amides is 1. The number of carbonyl (C=O) groups excluding carboxylic acids is 1. The molecule has 1 rings (SSSR count). The number of methoxy groups -OCH3 is 1. The largest absolute Gasteiger partial charge is 0.497 e. The molecule has 3 N–H and O–H groups in total. The maximum absolute atomic E-state index is 11.8. The first kappa shape index (κ1) is 13.5. The lowest BCUT2D eigenvalue weighted by atomic mass is 10.0. The molecule has 0 aromatic heterocycles. The van der Waals surface area contributed by atoms with Gasteiger partial charge in [0.05, 0.1) is 7.11 Å². The predicted octanol–water partition coefficient (Wildman–Crippen LogP) is 2.01. The number of nitrogens with two attached hydrogens (primary N) is 1. The summed E-state index contributed by atoms with van der Waals surface area (Å²) in [4.78, 5) is 11.8. The number of hydrogen-bond acceptors (Lipinski definition) is 3. The van der Waals surface area contributed by atoms with Crippen LogP contribution in [0.3, 0.4) is 0 Å². The number of carbonyl (C=O) groups is 1. The Bertz CT molecular complexity index is 349. The molecule has 1 atom stereocenters. The fraction of sp³-hybridized carbons (Fsp3) is 0.462. The highest BCUT2D eigenvalue weighted by Gasteiger charge is 2.12. The molecule has 0 aliphatic heterocycles. The Labute approximate surface area is 102 Å². The van der Waals surface area contributed by atoms with Gasteiger partial charge in [-0.2, -0.15) is 0 Å². The lowest BCUT2D eigenvalue weighted by molar-refractivity contribution is -0.119. The highest BCUT2D eigenvalue weighted by atomic mass is 16.5. The van der Waals surface area contributed by atoms with E-state index in [1.807, 2.05) is 31.2 Å². The summed E-state index contributed by atoms with van der Waals surface area (Å²) in [5.41, 5.74) is 6.20. The molecule has 0 radical (unpaired) electrons. The second-order valence-corrected chi connectivity index (χ2v) is 4.05. The first-order valence-electron chi connectivity index (χ1n) is 5.82. The van der Waals surface area contributed by atoms with Crippen LogP contribution >= 0.6 is 0 Å². The Kier molecular flexibility index (Phi) is 5.49. The minimum Gasteiger partial charge on any atom is -0.497 e. The zero-order valence-corrected chi connectivity index (χ0v) is 10.4. The van der Waals surface area contributed by atoms with Crippen molar-refractivity contribution in [2.24, 2.45) is 11.7 Å². The van der Waals surface area contributed by atoms with Crippen molar-refractivity contribution in [3.8, 4) is 5.75 Å². The maximum atomic E-state index is 11.8. The highest BCUT2D eigenvalue weighted by molar-refractivity contribution is 5.92. The predicted molar refractivity (Wildman–Crippen MR) is 69.1 cm³/mol. The first-order chi connectivity index (χ1) is 8.17. The molecule has 4 nitrogen and oxygen atoms in total. The van der Waals surface area contributed by atoms with Crippen LogP contribution in [0.4, 0.5) is 5.69 Å². The molecule has 0 spiro atoms. The Balaban J connectivity index is 2.49. The maximum Gasteiger partial charge on any atom is 0.227 e. The van der Waals surface area contributed by atoms with Crippen molar-refractivity contribution in [2.45, 2.75) is 19.8 Å². The van der Waals surface area contributed by atoms with Gasteiger partial charge in [0.1, 0.15) is 5.75 Å².